The second-order valence-corrected chi connectivity index (χ2v) is 5.49. The zero-order valence-electron chi connectivity index (χ0n) is 9.50. The Labute approximate surface area is 92.2 Å². The highest BCUT2D eigenvalue weighted by Crippen LogP contribution is 2.37. The fourth-order valence-corrected chi connectivity index (χ4v) is 3.48. The lowest BCUT2D eigenvalue weighted by Crippen LogP contribution is -2.39. The number of nitrogens with one attached hydrogen (secondary N) is 1. The average molecular weight is 210 g/mol. The lowest BCUT2D eigenvalue weighted by molar-refractivity contribution is 0.0389. The summed E-state index contributed by atoms with van der Waals surface area (Å²) in [6.07, 6.45) is 5.32. The number of nitrogens with zero attached hydrogens (tertiary/aromatic N) is 1. The highest BCUT2D eigenvalue weighted by atomic mass is 16.5. The van der Waals surface area contributed by atoms with E-state index in [1.807, 2.05) is 0 Å². The zero-order valence-corrected chi connectivity index (χ0v) is 9.50. The van der Waals surface area contributed by atoms with E-state index in [-0.39, 0.29) is 0 Å². The average Bonchev–Trinajstić information content (AvgIpc) is 2.91. The molecule has 3 rings (SSSR count). The van der Waals surface area contributed by atoms with E-state index in [0.717, 1.165) is 19.3 Å². The van der Waals surface area contributed by atoms with Gasteiger partial charge in [0.1, 0.15) is 0 Å². The third-order valence-corrected chi connectivity index (χ3v) is 4.51. The van der Waals surface area contributed by atoms with Crippen LogP contribution in [0.15, 0.2) is 0 Å². The van der Waals surface area contributed by atoms with Gasteiger partial charge in [-0.1, -0.05) is 0 Å². The first-order chi connectivity index (χ1) is 7.38. The van der Waals surface area contributed by atoms with E-state index < -0.39 is 0 Å². The quantitative estimate of drug-likeness (QED) is 0.694. The van der Waals surface area contributed by atoms with Crippen LogP contribution >= 0.6 is 0 Å². The Balaban J connectivity index is 1.60. The van der Waals surface area contributed by atoms with Crippen LogP contribution in [0.25, 0.3) is 0 Å². The SMILES string of the molecule is C1CC2(CCN(C3CCOCC3)C2)CN1. The molecular formula is C12H22N2O. The van der Waals surface area contributed by atoms with Crippen LogP contribution in [0, 0.1) is 5.41 Å². The van der Waals surface area contributed by atoms with Crippen molar-refractivity contribution in [3.8, 4) is 0 Å². The van der Waals surface area contributed by atoms with Gasteiger partial charge >= 0.3 is 0 Å². The lowest BCUT2D eigenvalue weighted by atomic mass is 9.86. The molecule has 0 aromatic rings. The van der Waals surface area contributed by atoms with Crippen molar-refractivity contribution in [2.24, 2.45) is 5.41 Å². The van der Waals surface area contributed by atoms with E-state index in [2.05, 4.69) is 10.2 Å². The van der Waals surface area contributed by atoms with Crippen LogP contribution < -0.4 is 5.32 Å². The largest absolute Gasteiger partial charge is 0.381 e. The molecule has 1 N–H and O–H groups in total. The molecule has 0 amide bonds. The van der Waals surface area contributed by atoms with Gasteiger partial charge in [-0.25, -0.2) is 0 Å². The molecule has 3 aliphatic heterocycles. The van der Waals surface area contributed by atoms with Crippen LogP contribution in [-0.2, 0) is 4.74 Å². The highest BCUT2D eigenvalue weighted by Gasteiger charge is 2.42. The van der Waals surface area contributed by atoms with Crippen LogP contribution in [0.1, 0.15) is 25.7 Å². The van der Waals surface area contributed by atoms with Crippen molar-refractivity contribution in [2.75, 3.05) is 39.4 Å². The molecule has 3 heteroatoms. The van der Waals surface area contributed by atoms with Crippen LogP contribution in [0.3, 0.4) is 0 Å². The second-order valence-electron chi connectivity index (χ2n) is 5.49. The van der Waals surface area contributed by atoms with Gasteiger partial charge < -0.3 is 10.1 Å². The topological polar surface area (TPSA) is 24.5 Å². The summed E-state index contributed by atoms with van der Waals surface area (Å²) in [4.78, 5) is 2.73. The number of rotatable bonds is 1. The molecule has 15 heavy (non-hydrogen) atoms. The van der Waals surface area contributed by atoms with Crippen molar-refractivity contribution in [1.29, 1.82) is 0 Å². The monoisotopic (exact) mass is 210 g/mol. The highest BCUT2D eigenvalue weighted by molar-refractivity contribution is 4.97. The number of ether oxygens (including phenoxy) is 1. The molecule has 0 radical (unpaired) electrons. The summed E-state index contributed by atoms with van der Waals surface area (Å²) >= 11 is 0. The summed E-state index contributed by atoms with van der Waals surface area (Å²) in [6, 6.07) is 0.818. The molecule has 3 nitrogen and oxygen atoms in total. The molecule has 0 aromatic heterocycles. The van der Waals surface area contributed by atoms with E-state index in [4.69, 9.17) is 4.74 Å². The maximum Gasteiger partial charge on any atom is 0.0480 e. The molecule has 3 fully saturated rings. The predicted octanol–water partition coefficient (Wildman–Crippen LogP) is 0.851. The van der Waals surface area contributed by atoms with Crippen molar-refractivity contribution in [3.05, 3.63) is 0 Å². The second kappa shape index (κ2) is 4.04. The number of hydrogen-bond acceptors (Lipinski definition) is 3. The molecule has 3 heterocycles. The van der Waals surface area contributed by atoms with Crippen LogP contribution in [0.2, 0.25) is 0 Å². The van der Waals surface area contributed by atoms with Crippen molar-refractivity contribution in [1.82, 2.24) is 10.2 Å². The molecular weight excluding hydrogens is 188 g/mol. The molecule has 1 atom stereocenters. The predicted molar refractivity (Wildman–Crippen MR) is 60.0 cm³/mol. The molecule has 0 aromatic carbocycles. The van der Waals surface area contributed by atoms with Crippen molar-refractivity contribution >= 4 is 0 Å². The molecule has 0 saturated carbocycles. The Morgan fingerprint density at radius 2 is 2.07 bits per heavy atom. The fraction of sp³-hybridized carbons (Fsp3) is 1.00. The first kappa shape index (κ1) is 10.1. The summed E-state index contributed by atoms with van der Waals surface area (Å²) in [5.74, 6) is 0. The van der Waals surface area contributed by atoms with Gasteiger partial charge in [0.05, 0.1) is 0 Å². The van der Waals surface area contributed by atoms with Crippen LogP contribution in [-0.4, -0.2) is 50.3 Å². The molecule has 0 aliphatic carbocycles. The minimum Gasteiger partial charge on any atom is -0.381 e. The van der Waals surface area contributed by atoms with Crippen LogP contribution in [0.5, 0.6) is 0 Å². The molecule has 0 bridgehead atoms. The Kier molecular flexibility index (Phi) is 2.71. The first-order valence-electron chi connectivity index (χ1n) is 6.41. The smallest absolute Gasteiger partial charge is 0.0480 e. The van der Waals surface area contributed by atoms with Crippen molar-refractivity contribution in [3.63, 3.8) is 0 Å². The van der Waals surface area contributed by atoms with Gasteiger partial charge in [0, 0.05) is 32.3 Å². The lowest BCUT2D eigenvalue weighted by Gasteiger charge is -2.32. The van der Waals surface area contributed by atoms with Gasteiger partial charge in [-0.15, -0.1) is 0 Å². The maximum absolute atomic E-state index is 5.44. The number of hydrogen-bond donors (Lipinski definition) is 1. The summed E-state index contributed by atoms with van der Waals surface area (Å²) in [6.45, 7) is 7.12. The third kappa shape index (κ3) is 1.93. The zero-order chi connectivity index (χ0) is 10.1. The van der Waals surface area contributed by atoms with Gasteiger partial charge in [0.25, 0.3) is 0 Å². The summed E-state index contributed by atoms with van der Waals surface area (Å²) < 4.78 is 5.44. The minimum atomic E-state index is 0.637. The van der Waals surface area contributed by atoms with E-state index in [1.54, 1.807) is 0 Å². The summed E-state index contributed by atoms with van der Waals surface area (Å²) in [7, 11) is 0. The minimum absolute atomic E-state index is 0.637. The van der Waals surface area contributed by atoms with E-state index in [9.17, 15) is 0 Å². The summed E-state index contributed by atoms with van der Waals surface area (Å²) in [5.41, 5.74) is 0.637. The van der Waals surface area contributed by atoms with Crippen LogP contribution in [0.4, 0.5) is 0 Å². The van der Waals surface area contributed by atoms with Crippen molar-refractivity contribution < 1.29 is 4.74 Å². The van der Waals surface area contributed by atoms with Crippen molar-refractivity contribution in [2.45, 2.75) is 31.7 Å². The molecule has 1 spiro atoms. The van der Waals surface area contributed by atoms with E-state index in [1.165, 1.54) is 51.9 Å². The standard InChI is InChI=1S/C12H22N2O/c1-7-15-8-2-11(1)14-6-4-12(10-14)3-5-13-9-12/h11,13H,1-10H2. The first-order valence-corrected chi connectivity index (χ1v) is 6.41. The van der Waals surface area contributed by atoms with Gasteiger partial charge in [-0.05, 0) is 44.2 Å². The summed E-state index contributed by atoms with van der Waals surface area (Å²) in [5, 5.41) is 3.53. The van der Waals surface area contributed by atoms with Gasteiger partial charge in [0.2, 0.25) is 0 Å². The van der Waals surface area contributed by atoms with E-state index in [0.29, 0.717) is 5.41 Å². The Morgan fingerprint density at radius 1 is 1.20 bits per heavy atom. The van der Waals surface area contributed by atoms with Gasteiger partial charge in [-0.3, -0.25) is 4.90 Å². The van der Waals surface area contributed by atoms with Gasteiger partial charge in [-0.2, -0.15) is 0 Å². The number of likely N-dealkylation sites (tertiary alicyclic amines) is 1. The molecule has 3 saturated heterocycles. The van der Waals surface area contributed by atoms with Gasteiger partial charge in [0.15, 0.2) is 0 Å². The molecule has 1 unspecified atom stereocenters. The third-order valence-electron chi connectivity index (χ3n) is 4.51. The normalized spacial score (nSPS) is 39.2. The molecule has 86 valence electrons. The fourth-order valence-electron chi connectivity index (χ4n) is 3.48. The molecule has 3 aliphatic rings. The Morgan fingerprint density at radius 3 is 2.80 bits per heavy atom. The van der Waals surface area contributed by atoms with E-state index >= 15 is 0 Å². The Bertz CT molecular complexity index is 220. The Hall–Kier alpha value is -0.120. The maximum atomic E-state index is 5.44.